The standard InChI is InChI=1S/C11H20O2/c1-7-4-10(5-12)9(3)11(6-13)8(7)2/h6-12H,4-5H2,1-3H3. The number of carbonyl (C=O) groups is 1. The molecule has 5 unspecified atom stereocenters. The molecule has 5 atom stereocenters. The number of aliphatic hydroxyl groups is 1. The molecule has 0 heterocycles. The van der Waals surface area contributed by atoms with E-state index in [1.165, 1.54) is 0 Å². The van der Waals surface area contributed by atoms with Crippen LogP contribution in [-0.4, -0.2) is 18.0 Å². The Balaban J connectivity index is 2.74. The van der Waals surface area contributed by atoms with Crippen LogP contribution in [0, 0.1) is 29.6 Å². The molecule has 2 heteroatoms. The van der Waals surface area contributed by atoms with Gasteiger partial charge < -0.3 is 9.90 Å². The molecule has 1 saturated carbocycles. The molecule has 0 bridgehead atoms. The summed E-state index contributed by atoms with van der Waals surface area (Å²) in [5.41, 5.74) is 0. The fourth-order valence-electron chi connectivity index (χ4n) is 2.57. The maximum atomic E-state index is 10.9. The van der Waals surface area contributed by atoms with Gasteiger partial charge in [0.05, 0.1) is 0 Å². The molecule has 0 aromatic rings. The average molecular weight is 184 g/mol. The lowest BCUT2D eigenvalue weighted by atomic mass is 9.64. The topological polar surface area (TPSA) is 37.3 Å². The van der Waals surface area contributed by atoms with Gasteiger partial charge >= 0.3 is 0 Å². The Morgan fingerprint density at radius 2 is 1.92 bits per heavy atom. The second-order valence-electron chi connectivity index (χ2n) is 4.59. The summed E-state index contributed by atoms with van der Waals surface area (Å²) in [7, 11) is 0. The molecule has 0 aromatic heterocycles. The summed E-state index contributed by atoms with van der Waals surface area (Å²) in [6.45, 7) is 6.63. The number of aldehydes is 1. The molecule has 0 amide bonds. The molecular formula is C11H20O2. The lowest BCUT2D eigenvalue weighted by molar-refractivity contribution is -0.118. The third kappa shape index (κ3) is 1.93. The molecule has 0 saturated heterocycles. The highest BCUT2D eigenvalue weighted by atomic mass is 16.3. The number of carbonyl (C=O) groups excluding carboxylic acids is 1. The Labute approximate surface area is 80.3 Å². The van der Waals surface area contributed by atoms with Crippen molar-refractivity contribution in [2.75, 3.05) is 6.61 Å². The monoisotopic (exact) mass is 184 g/mol. The van der Waals surface area contributed by atoms with E-state index in [1.54, 1.807) is 0 Å². The molecule has 2 nitrogen and oxygen atoms in total. The predicted octanol–water partition coefficient (Wildman–Crippen LogP) is 1.72. The van der Waals surface area contributed by atoms with Crippen molar-refractivity contribution in [3.05, 3.63) is 0 Å². The molecule has 0 spiro atoms. The number of rotatable bonds is 2. The lowest BCUT2D eigenvalue weighted by Crippen LogP contribution is -2.38. The molecule has 76 valence electrons. The maximum absolute atomic E-state index is 10.9. The highest BCUT2D eigenvalue weighted by molar-refractivity contribution is 5.55. The Morgan fingerprint density at radius 1 is 1.31 bits per heavy atom. The van der Waals surface area contributed by atoms with Crippen molar-refractivity contribution in [3.63, 3.8) is 0 Å². The van der Waals surface area contributed by atoms with Gasteiger partial charge in [0.25, 0.3) is 0 Å². The Bertz CT molecular complexity index is 179. The molecule has 0 aromatic carbocycles. The zero-order valence-corrected chi connectivity index (χ0v) is 8.73. The first-order chi connectivity index (χ1) is 6.11. The van der Waals surface area contributed by atoms with Gasteiger partial charge in [0, 0.05) is 12.5 Å². The fraction of sp³-hybridized carbons (Fsp3) is 0.909. The van der Waals surface area contributed by atoms with Crippen LogP contribution in [0.15, 0.2) is 0 Å². The van der Waals surface area contributed by atoms with Crippen molar-refractivity contribution >= 4 is 6.29 Å². The van der Waals surface area contributed by atoms with Crippen molar-refractivity contribution in [2.24, 2.45) is 29.6 Å². The summed E-state index contributed by atoms with van der Waals surface area (Å²) in [6.07, 6.45) is 2.14. The summed E-state index contributed by atoms with van der Waals surface area (Å²) < 4.78 is 0. The number of aliphatic hydroxyl groups excluding tert-OH is 1. The SMILES string of the molecule is CC1CC(CO)C(C)C(C=O)C1C. The number of hydrogen-bond donors (Lipinski definition) is 1. The van der Waals surface area contributed by atoms with E-state index in [-0.39, 0.29) is 12.5 Å². The van der Waals surface area contributed by atoms with E-state index in [0.29, 0.717) is 23.7 Å². The third-order valence-electron chi connectivity index (χ3n) is 3.92. The molecule has 0 radical (unpaired) electrons. The average Bonchev–Trinajstić information content (AvgIpc) is 2.12. The largest absolute Gasteiger partial charge is 0.396 e. The van der Waals surface area contributed by atoms with E-state index < -0.39 is 0 Å². The first-order valence-corrected chi connectivity index (χ1v) is 5.18. The van der Waals surface area contributed by atoms with Gasteiger partial charge in [-0.15, -0.1) is 0 Å². The summed E-state index contributed by atoms with van der Waals surface area (Å²) >= 11 is 0. The Morgan fingerprint density at radius 3 is 2.38 bits per heavy atom. The zero-order chi connectivity index (χ0) is 10.0. The molecular weight excluding hydrogens is 164 g/mol. The second kappa shape index (κ2) is 4.23. The van der Waals surface area contributed by atoms with Gasteiger partial charge in [-0.3, -0.25) is 0 Å². The summed E-state index contributed by atoms with van der Waals surface area (Å²) in [5, 5.41) is 9.16. The first kappa shape index (κ1) is 10.7. The van der Waals surface area contributed by atoms with E-state index in [1.807, 2.05) is 0 Å². The first-order valence-electron chi connectivity index (χ1n) is 5.18. The van der Waals surface area contributed by atoms with E-state index >= 15 is 0 Å². The predicted molar refractivity (Wildman–Crippen MR) is 52.2 cm³/mol. The van der Waals surface area contributed by atoms with Gasteiger partial charge in [0.1, 0.15) is 6.29 Å². The van der Waals surface area contributed by atoms with Crippen molar-refractivity contribution in [1.82, 2.24) is 0 Å². The van der Waals surface area contributed by atoms with Crippen LogP contribution in [0.3, 0.4) is 0 Å². The quantitative estimate of drug-likeness (QED) is 0.663. The molecule has 13 heavy (non-hydrogen) atoms. The zero-order valence-electron chi connectivity index (χ0n) is 8.73. The van der Waals surface area contributed by atoms with Crippen LogP contribution < -0.4 is 0 Å². The second-order valence-corrected chi connectivity index (χ2v) is 4.59. The normalized spacial score (nSPS) is 46.0. The van der Waals surface area contributed by atoms with Gasteiger partial charge in [-0.2, -0.15) is 0 Å². The minimum Gasteiger partial charge on any atom is -0.396 e. The van der Waals surface area contributed by atoms with Crippen molar-refractivity contribution in [1.29, 1.82) is 0 Å². The van der Waals surface area contributed by atoms with E-state index in [0.717, 1.165) is 12.7 Å². The minimum absolute atomic E-state index is 0.140. The van der Waals surface area contributed by atoms with Gasteiger partial charge in [-0.1, -0.05) is 20.8 Å². The van der Waals surface area contributed by atoms with Gasteiger partial charge in [-0.05, 0) is 30.1 Å². The van der Waals surface area contributed by atoms with Crippen LogP contribution in [0.4, 0.5) is 0 Å². The van der Waals surface area contributed by atoms with Crippen LogP contribution >= 0.6 is 0 Å². The summed E-state index contributed by atoms with van der Waals surface area (Å²) in [4.78, 5) is 10.9. The highest BCUT2D eigenvalue weighted by Crippen LogP contribution is 2.40. The van der Waals surface area contributed by atoms with Crippen LogP contribution in [-0.2, 0) is 4.79 Å². The number of hydrogen-bond acceptors (Lipinski definition) is 2. The van der Waals surface area contributed by atoms with Crippen LogP contribution in [0.2, 0.25) is 0 Å². The van der Waals surface area contributed by atoms with Crippen molar-refractivity contribution in [3.8, 4) is 0 Å². The van der Waals surface area contributed by atoms with Crippen LogP contribution in [0.5, 0.6) is 0 Å². The van der Waals surface area contributed by atoms with E-state index in [9.17, 15) is 4.79 Å². The van der Waals surface area contributed by atoms with Crippen molar-refractivity contribution in [2.45, 2.75) is 27.2 Å². The van der Waals surface area contributed by atoms with E-state index in [4.69, 9.17) is 5.11 Å². The molecule has 1 N–H and O–H groups in total. The molecule has 1 aliphatic carbocycles. The van der Waals surface area contributed by atoms with Gasteiger partial charge in [-0.25, -0.2) is 0 Å². The van der Waals surface area contributed by atoms with Crippen molar-refractivity contribution < 1.29 is 9.90 Å². The fourth-order valence-corrected chi connectivity index (χ4v) is 2.57. The molecule has 1 rings (SSSR count). The summed E-state index contributed by atoms with van der Waals surface area (Å²) in [5.74, 6) is 1.83. The molecule has 0 aliphatic heterocycles. The highest BCUT2D eigenvalue weighted by Gasteiger charge is 2.37. The Kier molecular flexibility index (Phi) is 3.48. The van der Waals surface area contributed by atoms with Gasteiger partial charge in [0.2, 0.25) is 0 Å². The van der Waals surface area contributed by atoms with E-state index in [2.05, 4.69) is 20.8 Å². The smallest absolute Gasteiger partial charge is 0.123 e. The molecule has 1 fully saturated rings. The third-order valence-corrected chi connectivity index (χ3v) is 3.92. The lowest BCUT2D eigenvalue weighted by Gasteiger charge is -2.40. The van der Waals surface area contributed by atoms with Crippen LogP contribution in [0.1, 0.15) is 27.2 Å². The summed E-state index contributed by atoms with van der Waals surface area (Å²) in [6, 6.07) is 0. The van der Waals surface area contributed by atoms with Crippen LogP contribution in [0.25, 0.3) is 0 Å². The maximum Gasteiger partial charge on any atom is 0.123 e. The van der Waals surface area contributed by atoms with Gasteiger partial charge in [0.15, 0.2) is 0 Å². The molecule has 1 aliphatic rings. The Hall–Kier alpha value is -0.370. The minimum atomic E-state index is 0.140.